The van der Waals surface area contributed by atoms with Crippen LogP contribution in [-0.4, -0.2) is 31.5 Å². The lowest BCUT2D eigenvalue weighted by atomic mass is 10.1. The summed E-state index contributed by atoms with van der Waals surface area (Å²) in [4.78, 5) is 17.1. The molecule has 8 heteroatoms. The van der Waals surface area contributed by atoms with E-state index in [-0.39, 0.29) is 11.4 Å². The molecule has 1 aromatic heterocycles. The van der Waals surface area contributed by atoms with Gasteiger partial charge in [-0.25, -0.2) is 0 Å². The fourth-order valence-electron chi connectivity index (χ4n) is 4.09. The van der Waals surface area contributed by atoms with Gasteiger partial charge < -0.3 is 4.57 Å². The Hall–Kier alpha value is -3.42. The molecule has 2 aliphatic rings. The maximum Gasteiger partial charge on any atom is 0.283 e. The van der Waals surface area contributed by atoms with Crippen molar-refractivity contribution in [2.75, 3.05) is 0 Å². The Morgan fingerprint density at radius 2 is 1.79 bits per heavy atom. The molecule has 0 atom stereocenters. The van der Waals surface area contributed by atoms with Gasteiger partial charge in [-0.15, -0.1) is 0 Å². The summed E-state index contributed by atoms with van der Waals surface area (Å²) >= 11 is 7.55. The highest BCUT2D eigenvalue weighted by Gasteiger charge is 2.36. The first-order chi connectivity index (χ1) is 16.2. The maximum absolute atomic E-state index is 12.9. The Bertz CT molecular complexity index is 1480. The van der Waals surface area contributed by atoms with E-state index >= 15 is 0 Å². The predicted octanol–water partition coefficient (Wildman–Crippen LogP) is 6.03. The van der Waals surface area contributed by atoms with Gasteiger partial charge in [0.2, 0.25) is 5.17 Å². The predicted molar refractivity (Wildman–Crippen MR) is 140 cm³/mol. The van der Waals surface area contributed by atoms with Crippen LogP contribution in [-0.2, 0) is 4.79 Å². The van der Waals surface area contributed by atoms with Crippen LogP contribution >= 0.6 is 23.4 Å². The zero-order valence-electron chi connectivity index (χ0n) is 19.2. The lowest BCUT2D eigenvalue weighted by Gasteiger charge is -2.20. The number of hydrogen-bond acceptors (Lipinski definition) is 4. The number of amidine groups is 2. The first kappa shape index (κ1) is 22.4. The molecule has 1 amide bonds. The standard InChI is InChI=1S/C26H22ClN5OS/c1-14-9-10-19(11-15(14)2)31-16(3)12-18(17(31)4)13-21-23(28)32-26(29-24(21)33)34-25(30-32)20-7-5-6-8-22(20)27/h5-13,28H,1-4H3/b21-13+,28-23?. The van der Waals surface area contributed by atoms with Gasteiger partial charge in [0, 0.05) is 22.6 Å². The molecule has 0 spiro atoms. The second-order valence-electron chi connectivity index (χ2n) is 8.34. The van der Waals surface area contributed by atoms with E-state index in [9.17, 15) is 4.79 Å². The number of thioether (sulfide) groups is 1. The Kier molecular flexibility index (Phi) is 5.54. The molecule has 3 aromatic rings. The molecule has 0 bridgehead atoms. The first-order valence-electron chi connectivity index (χ1n) is 10.8. The van der Waals surface area contributed by atoms with Gasteiger partial charge in [-0.2, -0.15) is 15.1 Å². The highest BCUT2D eigenvalue weighted by Crippen LogP contribution is 2.33. The van der Waals surface area contributed by atoms with Gasteiger partial charge in [0.15, 0.2) is 5.84 Å². The van der Waals surface area contributed by atoms with Crippen LogP contribution in [0.3, 0.4) is 0 Å². The Morgan fingerprint density at radius 3 is 2.53 bits per heavy atom. The summed E-state index contributed by atoms with van der Waals surface area (Å²) in [5.41, 5.74) is 7.37. The van der Waals surface area contributed by atoms with Crippen molar-refractivity contribution >= 4 is 51.4 Å². The van der Waals surface area contributed by atoms with Crippen LogP contribution in [0.1, 0.15) is 33.6 Å². The normalized spacial score (nSPS) is 16.7. The van der Waals surface area contributed by atoms with E-state index in [0.717, 1.165) is 28.2 Å². The van der Waals surface area contributed by atoms with Crippen LogP contribution in [0, 0.1) is 33.1 Å². The van der Waals surface area contributed by atoms with Crippen LogP contribution in [0.25, 0.3) is 11.8 Å². The van der Waals surface area contributed by atoms with Gasteiger partial charge in [0.05, 0.1) is 10.6 Å². The zero-order chi connectivity index (χ0) is 24.1. The van der Waals surface area contributed by atoms with E-state index in [1.807, 2.05) is 38.1 Å². The van der Waals surface area contributed by atoms with Gasteiger partial charge >= 0.3 is 0 Å². The average Bonchev–Trinajstić information content (AvgIpc) is 3.34. The van der Waals surface area contributed by atoms with Crippen LogP contribution in [0.2, 0.25) is 5.02 Å². The van der Waals surface area contributed by atoms with E-state index in [4.69, 9.17) is 17.0 Å². The number of carbonyl (C=O) groups excluding carboxylic acids is 1. The van der Waals surface area contributed by atoms with Crippen molar-refractivity contribution in [1.82, 2.24) is 9.58 Å². The van der Waals surface area contributed by atoms with Crippen molar-refractivity contribution in [3.8, 4) is 5.69 Å². The van der Waals surface area contributed by atoms with Crippen molar-refractivity contribution in [2.45, 2.75) is 27.7 Å². The van der Waals surface area contributed by atoms with Crippen LogP contribution in [0.15, 0.2) is 64.2 Å². The molecule has 2 aliphatic heterocycles. The SMILES string of the molecule is Cc1ccc(-n2c(C)cc(/C=C3\C(=N)N4N=C(c5ccccc5Cl)SC4=NC3=O)c2C)cc1C. The summed E-state index contributed by atoms with van der Waals surface area (Å²) in [6, 6.07) is 15.7. The van der Waals surface area contributed by atoms with Gasteiger partial charge in [-0.05, 0) is 86.5 Å². The Morgan fingerprint density at radius 1 is 1.03 bits per heavy atom. The number of benzene rings is 2. The Labute approximate surface area is 207 Å². The summed E-state index contributed by atoms with van der Waals surface area (Å²) in [6.07, 6.45) is 1.73. The number of aliphatic imine (C=N–C) groups is 1. The van der Waals surface area contributed by atoms with E-state index in [1.54, 1.807) is 12.1 Å². The van der Waals surface area contributed by atoms with Gasteiger partial charge in [0.25, 0.3) is 5.91 Å². The second kappa shape index (κ2) is 8.42. The largest absolute Gasteiger partial charge is 0.318 e. The molecule has 0 fully saturated rings. The number of carbonyl (C=O) groups is 1. The lowest BCUT2D eigenvalue weighted by molar-refractivity contribution is -0.114. The van der Waals surface area contributed by atoms with Gasteiger partial charge in [0.1, 0.15) is 5.04 Å². The molecule has 0 unspecified atom stereocenters. The number of aromatic nitrogens is 1. The van der Waals surface area contributed by atoms with Crippen molar-refractivity contribution < 1.29 is 4.79 Å². The van der Waals surface area contributed by atoms with Gasteiger partial charge in [-0.1, -0.05) is 35.9 Å². The number of amides is 1. The highest BCUT2D eigenvalue weighted by molar-refractivity contribution is 8.27. The minimum Gasteiger partial charge on any atom is -0.318 e. The summed E-state index contributed by atoms with van der Waals surface area (Å²) in [5.74, 6) is -0.448. The molecule has 0 aliphatic carbocycles. The third kappa shape index (κ3) is 3.71. The number of aryl methyl sites for hydroxylation is 3. The topological polar surface area (TPSA) is 73.8 Å². The zero-order valence-corrected chi connectivity index (χ0v) is 20.8. The average molecular weight is 488 g/mol. The van der Waals surface area contributed by atoms with Crippen LogP contribution in [0.4, 0.5) is 0 Å². The third-order valence-corrected chi connectivity index (χ3v) is 7.35. The fraction of sp³-hybridized carbons (Fsp3) is 0.154. The van der Waals surface area contributed by atoms with E-state index in [2.05, 4.69) is 46.7 Å². The molecule has 34 heavy (non-hydrogen) atoms. The molecule has 0 saturated carbocycles. The Balaban J connectivity index is 1.52. The lowest BCUT2D eigenvalue weighted by Crippen LogP contribution is -2.35. The van der Waals surface area contributed by atoms with Crippen LogP contribution < -0.4 is 0 Å². The monoisotopic (exact) mass is 487 g/mol. The third-order valence-electron chi connectivity index (χ3n) is 6.08. The molecule has 170 valence electrons. The minimum absolute atomic E-state index is 0.000497. The number of hydrogen-bond donors (Lipinski definition) is 1. The number of nitrogens with one attached hydrogen (secondary N) is 1. The van der Waals surface area contributed by atoms with Crippen molar-refractivity contribution in [3.63, 3.8) is 0 Å². The summed E-state index contributed by atoms with van der Waals surface area (Å²) in [5, 5.41) is 16.2. The van der Waals surface area contributed by atoms with Crippen molar-refractivity contribution in [1.29, 1.82) is 5.41 Å². The van der Waals surface area contributed by atoms with Crippen molar-refractivity contribution in [3.05, 3.63) is 92.8 Å². The molecular formula is C26H22ClN5OS. The molecule has 0 saturated heterocycles. The molecular weight excluding hydrogens is 466 g/mol. The van der Waals surface area contributed by atoms with E-state index in [1.165, 1.54) is 27.9 Å². The summed E-state index contributed by atoms with van der Waals surface area (Å²) < 4.78 is 2.16. The number of nitrogens with zero attached hydrogens (tertiary/aromatic N) is 4. The molecule has 6 nitrogen and oxygen atoms in total. The smallest absolute Gasteiger partial charge is 0.283 e. The number of halogens is 1. The molecule has 5 rings (SSSR count). The molecule has 2 aromatic carbocycles. The minimum atomic E-state index is -0.449. The summed E-state index contributed by atoms with van der Waals surface area (Å²) in [7, 11) is 0. The van der Waals surface area contributed by atoms with E-state index < -0.39 is 5.91 Å². The van der Waals surface area contributed by atoms with Gasteiger partial charge in [-0.3, -0.25) is 10.2 Å². The number of hydrazone groups is 1. The van der Waals surface area contributed by atoms with E-state index in [0.29, 0.717) is 15.2 Å². The molecule has 1 N–H and O–H groups in total. The molecule has 0 radical (unpaired) electrons. The second-order valence-corrected chi connectivity index (χ2v) is 9.70. The molecule has 3 heterocycles. The number of fused-ring (bicyclic) bond motifs is 1. The number of rotatable bonds is 3. The first-order valence-corrected chi connectivity index (χ1v) is 12.0. The quantitative estimate of drug-likeness (QED) is 0.458. The maximum atomic E-state index is 12.9. The highest BCUT2D eigenvalue weighted by atomic mass is 35.5. The summed E-state index contributed by atoms with van der Waals surface area (Å²) in [6.45, 7) is 8.24. The van der Waals surface area contributed by atoms with Crippen molar-refractivity contribution in [2.24, 2.45) is 10.1 Å². The van der Waals surface area contributed by atoms with Crippen LogP contribution in [0.5, 0.6) is 0 Å². The fourth-order valence-corrected chi connectivity index (χ4v) is 5.30.